The van der Waals surface area contributed by atoms with Gasteiger partial charge in [0.15, 0.2) is 0 Å². The summed E-state index contributed by atoms with van der Waals surface area (Å²) in [4.78, 5) is 21.9. The van der Waals surface area contributed by atoms with Crippen LogP contribution in [0.15, 0.2) is 24.3 Å². The minimum atomic E-state index is -0.310. The molecule has 8 heteroatoms. The predicted octanol–water partition coefficient (Wildman–Crippen LogP) is 3.49. The van der Waals surface area contributed by atoms with E-state index in [-0.39, 0.29) is 36.5 Å². The summed E-state index contributed by atoms with van der Waals surface area (Å²) in [7, 11) is 2.05. The van der Waals surface area contributed by atoms with Gasteiger partial charge in [-0.25, -0.2) is 9.37 Å². The third kappa shape index (κ3) is 4.25. The highest BCUT2D eigenvalue weighted by Gasteiger charge is 2.25. The SMILES string of the molecule is Cc1sc(-c2ccccc2F)nc1C(=O)N1CCN(C)CC1.Cl.Cl. The molecule has 1 aliphatic rings. The number of amides is 1. The molecule has 1 amide bonds. The largest absolute Gasteiger partial charge is 0.335 e. The number of rotatable bonds is 2. The van der Waals surface area contributed by atoms with E-state index in [1.54, 1.807) is 18.2 Å². The standard InChI is InChI=1S/C16H18FN3OS.2ClH/c1-11-14(16(21)20-9-7-19(2)8-10-20)18-15(22-11)12-5-3-4-6-13(12)17;;/h3-6H,7-10H2,1-2H3;2*1H. The topological polar surface area (TPSA) is 36.4 Å². The van der Waals surface area contributed by atoms with E-state index < -0.39 is 0 Å². The lowest BCUT2D eigenvalue weighted by Gasteiger charge is -2.32. The van der Waals surface area contributed by atoms with Crippen molar-refractivity contribution in [1.82, 2.24) is 14.8 Å². The van der Waals surface area contributed by atoms with Crippen LogP contribution >= 0.6 is 36.2 Å². The van der Waals surface area contributed by atoms with Gasteiger partial charge in [0.25, 0.3) is 5.91 Å². The number of hydrogen-bond acceptors (Lipinski definition) is 4. The highest BCUT2D eigenvalue weighted by molar-refractivity contribution is 7.15. The molecule has 1 aromatic heterocycles. The smallest absolute Gasteiger partial charge is 0.273 e. The van der Waals surface area contributed by atoms with Crippen molar-refractivity contribution in [3.05, 3.63) is 40.7 Å². The van der Waals surface area contributed by atoms with Crippen LogP contribution in [0.5, 0.6) is 0 Å². The number of thiazole rings is 1. The molecule has 1 saturated heterocycles. The fourth-order valence-corrected chi connectivity index (χ4v) is 3.44. The third-order valence-electron chi connectivity index (χ3n) is 3.89. The summed E-state index contributed by atoms with van der Waals surface area (Å²) < 4.78 is 13.9. The van der Waals surface area contributed by atoms with Gasteiger partial charge in [-0.15, -0.1) is 36.2 Å². The summed E-state index contributed by atoms with van der Waals surface area (Å²) in [5.41, 5.74) is 0.904. The molecule has 0 saturated carbocycles. The van der Waals surface area contributed by atoms with Crippen LogP contribution in [0, 0.1) is 12.7 Å². The first kappa shape index (κ1) is 20.8. The second kappa shape index (κ2) is 8.76. The Morgan fingerprint density at radius 2 is 1.79 bits per heavy atom. The van der Waals surface area contributed by atoms with E-state index in [2.05, 4.69) is 9.88 Å². The number of aromatic nitrogens is 1. The van der Waals surface area contributed by atoms with Crippen molar-refractivity contribution in [2.75, 3.05) is 33.2 Å². The highest BCUT2D eigenvalue weighted by Crippen LogP contribution is 2.30. The summed E-state index contributed by atoms with van der Waals surface area (Å²) in [5.74, 6) is -0.362. The van der Waals surface area contributed by atoms with Crippen LogP contribution < -0.4 is 0 Å². The second-order valence-corrected chi connectivity index (χ2v) is 6.70. The maximum Gasteiger partial charge on any atom is 0.273 e. The average molecular weight is 392 g/mol. The molecule has 0 bridgehead atoms. The van der Waals surface area contributed by atoms with E-state index >= 15 is 0 Å². The van der Waals surface area contributed by atoms with Crippen molar-refractivity contribution in [1.29, 1.82) is 0 Å². The summed E-state index contributed by atoms with van der Waals surface area (Å²) >= 11 is 1.37. The highest BCUT2D eigenvalue weighted by atomic mass is 35.5. The van der Waals surface area contributed by atoms with Gasteiger partial charge >= 0.3 is 0 Å². The zero-order valence-electron chi connectivity index (χ0n) is 13.5. The van der Waals surface area contributed by atoms with E-state index in [0.29, 0.717) is 29.4 Å². The molecule has 0 N–H and O–H groups in total. The summed E-state index contributed by atoms with van der Waals surface area (Å²) in [6, 6.07) is 6.53. The molecule has 24 heavy (non-hydrogen) atoms. The monoisotopic (exact) mass is 391 g/mol. The Kier molecular flexibility index (Phi) is 7.60. The maximum atomic E-state index is 13.9. The molecule has 4 nitrogen and oxygen atoms in total. The number of halogens is 3. The quantitative estimate of drug-likeness (QED) is 0.785. The lowest BCUT2D eigenvalue weighted by atomic mass is 10.2. The number of aryl methyl sites for hydroxylation is 1. The molecular formula is C16H20Cl2FN3OS. The number of likely N-dealkylation sites (N-methyl/N-ethyl adjacent to an activating group) is 1. The van der Waals surface area contributed by atoms with Crippen molar-refractivity contribution in [2.24, 2.45) is 0 Å². The average Bonchev–Trinajstić information content (AvgIpc) is 2.89. The number of piperazine rings is 1. The van der Waals surface area contributed by atoms with Crippen LogP contribution in [0.25, 0.3) is 10.6 Å². The van der Waals surface area contributed by atoms with E-state index in [9.17, 15) is 9.18 Å². The van der Waals surface area contributed by atoms with Crippen molar-refractivity contribution in [3.8, 4) is 10.6 Å². The molecule has 0 aliphatic carbocycles. The maximum absolute atomic E-state index is 13.9. The lowest BCUT2D eigenvalue weighted by molar-refractivity contribution is 0.0658. The van der Waals surface area contributed by atoms with E-state index in [1.807, 2.05) is 18.9 Å². The molecule has 1 aliphatic heterocycles. The van der Waals surface area contributed by atoms with Gasteiger partial charge in [-0.05, 0) is 26.1 Å². The predicted molar refractivity (Wildman–Crippen MR) is 100 cm³/mol. The Hall–Kier alpha value is -1.21. The molecule has 3 rings (SSSR count). The zero-order valence-corrected chi connectivity index (χ0v) is 15.9. The van der Waals surface area contributed by atoms with Gasteiger partial charge < -0.3 is 9.80 Å². The first-order chi connectivity index (χ1) is 10.6. The van der Waals surface area contributed by atoms with Crippen LogP contribution in [0.3, 0.4) is 0 Å². The third-order valence-corrected chi connectivity index (χ3v) is 4.90. The number of benzene rings is 1. The summed E-state index contributed by atoms with van der Waals surface area (Å²) in [5, 5.41) is 0.563. The first-order valence-electron chi connectivity index (χ1n) is 7.26. The second-order valence-electron chi connectivity index (χ2n) is 5.50. The molecule has 2 aromatic rings. The molecule has 0 radical (unpaired) electrons. The number of nitrogens with zero attached hydrogens (tertiary/aromatic N) is 3. The lowest BCUT2D eigenvalue weighted by Crippen LogP contribution is -2.47. The van der Waals surface area contributed by atoms with Crippen LogP contribution in [-0.2, 0) is 0 Å². The molecular weight excluding hydrogens is 372 g/mol. The zero-order chi connectivity index (χ0) is 15.7. The Morgan fingerprint density at radius 3 is 2.42 bits per heavy atom. The van der Waals surface area contributed by atoms with Gasteiger partial charge in [0.05, 0.1) is 0 Å². The van der Waals surface area contributed by atoms with E-state index in [4.69, 9.17) is 0 Å². The Balaban J connectivity index is 0.00000144. The van der Waals surface area contributed by atoms with E-state index in [1.165, 1.54) is 17.4 Å². The Bertz CT molecular complexity index is 702. The minimum absolute atomic E-state index is 0. The van der Waals surface area contributed by atoms with Crippen LogP contribution in [0.4, 0.5) is 4.39 Å². The van der Waals surface area contributed by atoms with Crippen LogP contribution in [0.2, 0.25) is 0 Å². The number of carbonyl (C=O) groups excluding carboxylic acids is 1. The fourth-order valence-electron chi connectivity index (χ4n) is 2.50. The molecule has 1 aromatic carbocycles. The van der Waals surface area contributed by atoms with Gasteiger partial charge in [0, 0.05) is 36.6 Å². The fraction of sp³-hybridized carbons (Fsp3) is 0.375. The van der Waals surface area contributed by atoms with Crippen molar-refractivity contribution in [2.45, 2.75) is 6.92 Å². The molecule has 0 atom stereocenters. The number of carbonyl (C=O) groups is 1. The molecule has 0 unspecified atom stereocenters. The molecule has 2 heterocycles. The summed E-state index contributed by atoms with van der Waals surface area (Å²) in [6.45, 7) is 5.03. The van der Waals surface area contributed by atoms with E-state index in [0.717, 1.165) is 18.0 Å². The van der Waals surface area contributed by atoms with Crippen LogP contribution in [-0.4, -0.2) is 53.9 Å². The Morgan fingerprint density at radius 1 is 1.17 bits per heavy atom. The van der Waals surface area contributed by atoms with Gasteiger partial charge in [0.1, 0.15) is 16.5 Å². The van der Waals surface area contributed by atoms with Crippen molar-refractivity contribution < 1.29 is 9.18 Å². The van der Waals surface area contributed by atoms with Gasteiger partial charge in [-0.2, -0.15) is 0 Å². The van der Waals surface area contributed by atoms with Crippen molar-refractivity contribution in [3.63, 3.8) is 0 Å². The van der Waals surface area contributed by atoms with Crippen molar-refractivity contribution >= 4 is 42.1 Å². The first-order valence-corrected chi connectivity index (χ1v) is 8.08. The molecule has 132 valence electrons. The van der Waals surface area contributed by atoms with Crippen LogP contribution in [0.1, 0.15) is 15.4 Å². The normalized spacial score (nSPS) is 14.7. The molecule has 0 spiro atoms. The van der Waals surface area contributed by atoms with Gasteiger partial charge in [-0.1, -0.05) is 12.1 Å². The minimum Gasteiger partial charge on any atom is -0.335 e. The number of hydrogen-bond donors (Lipinski definition) is 0. The van der Waals surface area contributed by atoms with Gasteiger partial charge in [0.2, 0.25) is 0 Å². The Labute approximate surface area is 157 Å². The van der Waals surface area contributed by atoms with Gasteiger partial charge in [-0.3, -0.25) is 4.79 Å². The summed E-state index contributed by atoms with van der Waals surface area (Å²) in [6.07, 6.45) is 0. The molecule has 1 fully saturated rings.